The molecule has 0 aliphatic heterocycles. The molecule has 2 N–H and O–H groups in total. The van der Waals surface area contributed by atoms with Gasteiger partial charge in [0, 0.05) is 11.6 Å². The minimum atomic E-state index is -0.373. The van der Waals surface area contributed by atoms with E-state index in [0.29, 0.717) is 24.3 Å². The van der Waals surface area contributed by atoms with Crippen LogP contribution in [-0.4, -0.2) is 18.6 Å². The number of ether oxygens (including phenoxy) is 1. The fraction of sp³-hybridized carbons (Fsp3) is 0.455. The van der Waals surface area contributed by atoms with Gasteiger partial charge in [0.15, 0.2) is 0 Å². The van der Waals surface area contributed by atoms with Gasteiger partial charge in [0.2, 0.25) is 0 Å². The monoisotopic (exact) mass is 224 g/mol. The molecule has 0 saturated heterocycles. The molecule has 0 fully saturated rings. The van der Waals surface area contributed by atoms with E-state index < -0.39 is 0 Å². The Balaban J connectivity index is 3.14. The van der Waals surface area contributed by atoms with Crippen molar-refractivity contribution in [3.05, 3.63) is 33.9 Å². The van der Waals surface area contributed by atoms with Crippen LogP contribution in [0, 0.1) is 10.1 Å². The zero-order valence-corrected chi connectivity index (χ0v) is 9.47. The molecule has 0 bridgehead atoms. The van der Waals surface area contributed by atoms with E-state index in [-0.39, 0.29) is 16.5 Å². The molecule has 16 heavy (non-hydrogen) atoms. The summed E-state index contributed by atoms with van der Waals surface area (Å²) < 4.78 is 5.06. The van der Waals surface area contributed by atoms with Crippen molar-refractivity contribution in [2.75, 3.05) is 13.7 Å². The molecule has 0 radical (unpaired) electrons. The molecule has 5 nitrogen and oxygen atoms in total. The highest BCUT2D eigenvalue weighted by atomic mass is 16.6. The molecule has 0 amide bonds. The number of rotatable bonds is 5. The third-order valence-electron chi connectivity index (χ3n) is 2.56. The minimum Gasteiger partial charge on any atom is -0.497 e. The van der Waals surface area contributed by atoms with E-state index >= 15 is 0 Å². The Kier molecular flexibility index (Phi) is 4.25. The second kappa shape index (κ2) is 5.46. The van der Waals surface area contributed by atoms with Gasteiger partial charge >= 0.3 is 0 Å². The van der Waals surface area contributed by atoms with Crippen molar-refractivity contribution in [3.8, 4) is 5.75 Å². The van der Waals surface area contributed by atoms with Crippen molar-refractivity contribution >= 4 is 5.69 Å². The maximum Gasteiger partial charge on any atom is 0.273 e. The summed E-state index contributed by atoms with van der Waals surface area (Å²) in [6.07, 6.45) is 0.716. The molecule has 1 rings (SSSR count). The maximum absolute atomic E-state index is 10.9. The lowest BCUT2D eigenvalue weighted by molar-refractivity contribution is -0.385. The van der Waals surface area contributed by atoms with Crippen molar-refractivity contribution in [2.24, 2.45) is 5.73 Å². The van der Waals surface area contributed by atoms with Gasteiger partial charge in [0.25, 0.3) is 5.69 Å². The summed E-state index contributed by atoms with van der Waals surface area (Å²) in [5, 5.41) is 10.9. The summed E-state index contributed by atoms with van der Waals surface area (Å²) in [6, 6.07) is 4.77. The van der Waals surface area contributed by atoms with Crippen LogP contribution in [0.1, 0.15) is 24.8 Å². The van der Waals surface area contributed by atoms with Crippen molar-refractivity contribution in [2.45, 2.75) is 19.3 Å². The molecule has 0 aromatic heterocycles. The van der Waals surface area contributed by atoms with Crippen molar-refractivity contribution < 1.29 is 9.66 Å². The lowest BCUT2D eigenvalue weighted by Gasteiger charge is -2.12. The summed E-state index contributed by atoms with van der Waals surface area (Å²) in [5.41, 5.74) is 6.26. The molecule has 1 aromatic carbocycles. The number of hydrogen-bond donors (Lipinski definition) is 1. The van der Waals surface area contributed by atoms with Crippen LogP contribution in [0.25, 0.3) is 0 Å². The van der Waals surface area contributed by atoms with E-state index in [9.17, 15) is 10.1 Å². The smallest absolute Gasteiger partial charge is 0.273 e. The molecule has 0 spiro atoms. The third kappa shape index (κ3) is 2.70. The van der Waals surface area contributed by atoms with Gasteiger partial charge in [0.05, 0.1) is 12.0 Å². The molecule has 88 valence electrons. The highest BCUT2D eigenvalue weighted by Crippen LogP contribution is 2.31. The number of hydrogen-bond acceptors (Lipinski definition) is 4. The van der Waals surface area contributed by atoms with E-state index in [1.165, 1.54) is 6.07 Å². The lowest BCUT2D eigenvalue weighted by Crippen LogP contribution is -2.07. The Hall–Kier alpha value is -1.62. The second-order valence-electron chi connectivity index (χ2n) is 3.66. The highest BCUT2D eigenvalue weighted by Gasteiger charge is 2.19. The summed E-state index contributed by atoms with van der Waals surface area (Å²) in [7, 11) is 1.54. The summed E-state index contributed by atoms with van der Waals surface area (Å²) in [4.78, 5) is 10.5. The molecule has 0 aliphatic carbocycles. The Morgan fingerprint density at radius 3 is 2.75 bits per heavy atom. The SMILES string of the molecule is COc1ccc([N+](=O)[O-])c(C(C)CCN)c1. The summed E-state index contributed by atoms with van der Waals surface area (Å²) >= 11 is 0. The van der Waals surface area contributed by atoms with E-state index in [1.807, 2.05) is 6.92 Å². The minimum absolute atomic E-state index is 0.0560. The average molecular weight is 224 g/mol. The van der Waals surface area contributed by atoms with Gasteiger partial charge in [-0.1, -0.05) is 6.92 Å². The number of nitro benzene ring substituents is 1. The fourth-order valence-electron chi connectivity index (χ4n) is 1.63. The van der Waals surface area contributed by atoms with E-state index in [4.69, 9.17) is 10.5 Å². The van der Waals surface area contributed by atoms with Crippen molar-refractivity contribution in [1.82, 2.24) is 0 Å². The number of benzene rings is 1. The molecule has 1 aromatic rings. The fourth-order valence-corrected chi connectivity index (χ4v) is 1.63. The molecule has 1 atom stereocenters. The largest absolute Gasteiger partial charge is 0.497 e. The van der Waals surface area contributed by atoms with Gasteiger partial charge in [-0.05, 0) is 31.0 Å². The second-order valence-corrected chi connectivity index (χ2v) is 3.66. The van der Waals surface area contributed by atoms with E-state index in [2.05, 4.69) is 0 Å². The van der Waals surface area contributed by atoms with Crippen LogP contribution in [0.4, 0.5) is 5.69 Å². The van der Waals surface area contributed by atoms with Crippen LogP contribution >= 0.6 is 0 Å². The molecule has 5 heteroatoms. The first kappa shape index (κ1) is 12.4. The van der Waals surface area contributed by atoms with Crippen molar-refractivity contribution in [1.29, 1.82) is 0 Å². The Labute approximate surface area is 94.4 Å². The van der Waals surface area contributed by atoms with Gasteiger partial charge in [-0.2, -0.15) is 0 Å². The van der Waals surface area contributed by atoms with Crippen LogP contribution in [0.3, 0.4) is 0 Å². The standard InChI is InChI=1S/C11H16N2O3/c1-8(5-6-12)10-7-9(16-2)3-4-11(10)13(14)15/h3-4,7-8H,5-6,12H2,1-2H3. The Bertz CT molecular complexity index is 379. The normalized spacial score (nSPS) is 12.2. The number of nitrogens with two attached hydrogens (primary N) is 1. The van der Waals surface area contributed by atoms with Crippen LogP contribution in [0.5, 0.6) is 5.75 Å². The number of nitro groups is 1. The van der Waals surface area contributed by atoms with E-state index in [1.54, 1.807) is 19.2 Å². The predicted molar refractivity (Wildman–Crippen MR) is 61.7 cm³/mol. The van der Waals surface area contributed by atoms with Crippen LogP contribution in [0.2, 0.25) is 0 Å². The number of methoxy groups -OCH3 is 1. The van der Waals surface area contributed by atoms with E-state index in [0.717, 1.165) is 0 Å². The zero-order valence-electron chi connectivity index (χ0n) is 9.47. The predicted octanol–water partition coefficient (Wildman–Crippen LogP) is 2.06. The first-order valence-electron chi connectivity index (χ1n) is 5.12. The van der Waals surface area contributed by atoms with Crippen LogP contribution in [-0.2, 0) is 0 Å². The Morgan fingerprint density at radius 1 is 1.56 bits per heavy atom. The van der Waals surface area contributed by atoms with Gasteiger partial charge < -0.3 is 10.5 Å². The zero-order chi connectivity index (χ0) is 12.1. The Morgan fingerprint density at radius 2 is 2.25 bits per heavy atom. The highest BCUT2D eigenvalue weighted by molar-refractivity contribution is 5.47. The molecule has 0 aliphatic rings. The van der Waals surface area contributed by atoms with Crippen LogP contribution in [0.15, 0.2) is 18.2 Å². The number of nitrogens with zero attached hydrogens (tertiary/aromatic N) is 1. The molecule has 0 saturated carbocycles. The summed E-state index contributed by atoms with van der Waals surface area (Å²) in [5.74, 6) is 0.685. The topological polar surface area (TPSA) is 78.4 Å². The third-order valence-corrected chi connectivity index (χ3v) is 2.56. The first-order valence-corrected chi connectivity index (χ1v) is 5.12. The molecular weight excluding hydrogens is 208 g/mol. The molecule has 0 heterocycles. The van der Waals surface area contributed by atoms with Gasteiger partial charge in [-0.15, -0.1) is 0 Å². The van der Waals surface area contributed by atoms with Gasteiger partial charge in [0.1, 0.15) is 5.75 Å². The van der Waals surface area contributed by atoms with Gasteiger partial charge in [-0.25, -0.2) is 0 Å². The molecule has 1 unspecified atom stereocenters. The molecular formula is C11H16N2O3. The first-order chi connectivity index (χ1) is 7.60. The van der Waals surface area contributed by atoms with Crippen molar-refractivity contribution in [3.63, 3.8) is 0 Å². The quantitative estimate of drug-likeness (QED) is 0.613. The average Bonchev–Trinajstić information content (AvgIpc) is 2.28. The summed E-state index contributed by atoms with van der Waals surface area (Å²) in [6.45, 7) is 2.43. The lowest BCUT2D eigenvalue weighted by atomic mass is 9.96. The maximum atomic E-state index is 10.9. The van der Waals surface area contributed by atoms with Crippen LogP contribution < -0.4 is 10.5 Å². The van der Waals surface area contributed by atoms with Gasteiger partial charge in [-0.3, -0.25) is 10.1 Å².